The van der Waals surface area contributed by atoms with Gasteiger partial charge in [0.15, 0.2) is 5.34 Å². The van der Waals surface area contributed by atoms with Crippen LogP contribution in [0.15, 0.2) is 59.9 Å². The highest BCUT2D eigenvalue weighted by Gasteiger charge is 1.95. The van der Waals surface area contributed by atoms with E-state index in [9.17, 15) is 0 Å². The maximum atomic E-state index is 8.11. The molecule has 4 nitrogen and oxygen atoms in total. The van der Waals surface area contributed by atoms with Gasteiger partial charge in [0, 0.05) is 0 Å². The molecule has 0 aliphatic heterocycles. The topological polar surface area (TPSA) is 58.9 Å². The summed E-state index contributed by atoms with van der Waals surface area (Å²) in [7, 11) is 1.68. The van der Waals surface area contributed by atoms with E-state index in [1.54, 1.807) is 7.11 Å². The van der Waals surface area contributed by atoms with Gasteiger partial charge in [-0.1, -0.05) is 42.5 Å². The number of hydrogen-bond donors (Lipinski definition) is 1. The van der Waals surface area contributed by atoms with Crippen molar-refractivity contribution in [3.8, 4) is 16.9 Å². The maximum Gasteiger partial charge on any atom is 0.152 e. The van der Waals surface area contributed by atoms with Crippen LogP contribution in [0.2, 0.25) is 0 Å². The van der Waals surface area contributed by atoms with Crippen molar-refractivity contribution in [3.63, 3.8) is 0 Å². The highest BCUT2D eigenvalue weighted by Crippen LogP contribution is 2.21. The normalized spacial score (nSPS) is 8.76. The first-order valence-electron chi connectivity index (χ1n) is 4.98. The summed E-state index contributed by atoms with van der Waals surface area (Å²) < 4.78 is 5.11. The van der Waals surface area contributed by atoms with Gasteiger partial charge >= 0.3 is 0 Å². The van der Waals surface area contributed by atoms with Gasteiger partial charge < -0.3 is 9.94 Å². The van der Waals surface area contributed by atoms with E-state index in [1.165, 1.54) is 16.5 Å². The van der Waals surface area contributed by atoms with Crippen LogP contribution in [-0.4, -0.2) is 12.3 Å². The fraction of sp³-hybridized carbons (Fsp3) is 0.0769. The Morgan fingerprint density at radius 3 is 1.88 bits per heavy atom. The van der Waals surface area contributed by atoms with E-state index in [4.69, 9.17) is 14.9 Å². The van der Waals surface area contributed by atoms with Crippen molar-refractivity contribution in [2.75, 3.05) is 7.11 Å². The van der Waals surface area contributed by atoms with Crippen molar-refractivity contribution in [2.24, 2.45) is 5.34 Å². The highest BCUT2D eigenvalue weighted by atomic mass is 16.6. The second kappa shape index (κ2) is 7.00. The number of rotatable bonds is 2. The first-order valence-corrected chi connectivity index (χ1v) is 4.98. The maximum absolute atomic E-state index is 8.11. The Labute approximate surface area is 99.4 Å². The Morgan fingerprint density at radius 1 is 0.941 bits per heavy atom. The second-order valence-corrected chi connectivity index (χ2v) is 3.18. The van der Waals surface area contributed by atoms with E-state index in [0.717, 1.165) is 5.75 Å². The first kappa shape index (κ1) is 12.7. The van der Waals surface area contributed by atoms with Gasteiger partial charge in [0.25, 0.3) is 0 Å². The molecule has 0 aromatic heterocycles. The average molecular weight is 231 g/mol. The average Bonchev–Trinajstić information content (AvgIpc) is 2.41. The van der Waals surface area contributed by atoms with Gasteiger partial charge in [-0.05, 0) is 23.3 Å². The fourth-order valence-corrected chi connectivity index (χ4v) is 1.41. The molecular weight excluding hydrogens is 218 g/mol. The largest absolute Gasteiger partial charge is 0.497 e. The zero-order valence-electron chi connectivity index (χ0n) is 9.41. The smallest absolute Gasteiger partial charge is 0.152 e. The first-order chi connectivity index (χ1) is 8.31. The van der Waals surface area contributed by atoms with E-state index in [0.29, 0.717) is 0 Å². The SMILES string of the molecule is COc1ccc(-c2ccccc2)cc1.O=NO. The van der Waals surface area contributed by atoms with Crippen LogP contribution in [0.1, 0.15) is 0 Å². The minimum Gasteiger partial charge on any atom is -0.497 e. The molecule has 4 heteroatoms. The second-order valence-electron chi connectivity index (χ2n) is 3.18. The van der Waals surface area contributed by atoms with Crippen molar-refractivity contribution >= 4 is 0 Å². The molecule has 0 unspecified atom stereocenters. The predicted octanol–water partition coefficient (Wildman–Crippen LogP) is 3.50. The molecule has 2 rings (SSSR count). The number of ether oxygens (including phenoxy) is 1. The molecule has 0 atom stereocenters. The fourth-order valence-electron chi connectivity index (χ4n) is 1.41. The molecule has 17 heavy (non-hydrogen) atoms. The van der Waals surface area contributed by atoms with Gasteiger partial charge in [0.05, 0.1) is 7.11 Å². The molecule has 0 saturated heterocycles. The Morgan fingerprint density at radius 2 is 1.41 bits per heavy atom. The van der Waals surface area contributed by atoms with Crippen molar-refractivity contribution < 1.29 is 9.94 Å². The molecule has 88 valence electrons. The quantitative estimate of drug-likeness (QED) is 0.635. The molecule has 2 aromatic rings. The van der Waals surface area contributed by atoms with Crippen LogP contribution in [0.3, 0.4) is 0 Å². The minimum absolute atomic E-state index is 0.893. The van der Waals surface area contributed by atoms with Crippen molar-refractivity contribution in [1.82, 2.24) is 0 Å². The van der Waals surface area contributed by atoms with Crippen LogP contribution in [-0.2, 0) is 0 Å². The molecule has 0 aliphatic rings. The number of hydrogen-bond acceptors (Lipinski definition) is 3. The monoisotopic (exact) mass is 231 g/mol. The number of methoxy groups -OCH3 is 1. The lowest BCUT2D eigenvalue weighted by atomic mass is 10.1. The third-order valence-corrected chi connectivity index (χ3v) is 2.20. The van der Waals surface area contributed by atoms with Crippen LogP contribution in [0.5, 0.6) is 5.75 Å². The molecule has 0 radical (unpaired) electrons. The zero-order valence-corrected chi connectivity index (χ0v) is 9.41. The summed E-state index contributed by atoms with van der Waals surface area (Å²) in [4.78, 5) is 8.11. The van der Waals surface area contributed by atoms with E-state index in [2.05, 4.69) is 24.3 Å². The summed E-state index contributed by atoms with van der Waals surface area (Å²) >= 11 is 0. The van der Waals surface area contributed by atoms with Crippen LogP contribution in [0.4, 0.5) is 0 Å². The van der Waals surface area contributed by atoms with Gasteiger partial charge in [-0.3, -0.25) is 0 Å². The Kier molecular flexibility index (Phi) is 5.24. The summed E-state index contributed by atoms with van der Waals surface area (Å²) in [5.41, 5.74) is 2.45. The summed E-state index contributed by atoms with van der Waals surface area (Å²) in [6.07, 6.45) is 0. The molecule has 0 aliphatic carbocycles. The summed E-state index contributed by atoms with van der Waals surface area (Å²) in [6, 6.07) is 18.4. The zero-order chi connectivity index (χ0) is 12.5. The van der Waals surface area contributed by atoms with Gasteiger partial charge in [-0.2, -0.15) is 0 Å². The van der Waals surface area contributed by atoms with Crippen LogP contribution < -0.4 is 4.74 Å². The molecule has 1 N–H and O–H groups in total. The lowest BCUT2D eigenvalue weighted by molar-refractivity contribution is 0.312. The van der Waals surface area contributed by atoms with E-state index >= 15 is 0 Å². The molecule has 0 fully saturated rings. The summed E-state index contributed by atoms with van der Waals surface area (Å²) in [6.45, 7) is 0. The summed E-state index contributed by atoms with van der Waals surface area (Å²) in [5.74, 6) is 0.893. The lowest BCUT2D eigenvalue weighted by Gasteiger charge is -2.02. The molecule has 0 saturated carbocycles. The van der Waals surface area contributed by atoms with Crippen LogP contribution >= 0.6 is 0 Å². The van der Waals surface area contributed by atoms with Crippen molar-refractivity contribution in [2.45, 2.75) is 0 Å². The third-order valence-electron chi connectivity index (χ3n) is 2.20. The van der Waals surface area contributed by atoms with E-state index in [1.807, 2.05) is 30.3 Å². The van der Waals surface area contributed by atoms with Gasteiger partial charge in [0.2, 0.25) is 0 Å². The highest BCUT2D eigenvalue weighted by molar-refractivity contribution is 5.63. The molecule has 0 spiro atoms. The number of nitrogens with zero attached hydrogens (tertiary/aromatic N) is 1. The van der Waals surface area contributed by atoms with Crippen LogP contribution in [0.25, 0.3) is 11.1 Å². The van der Waals surface area contributed by atoms with Crippen molar-refractivity contribution in [1.29, 1.82) is 0 Å². The molecule has 0 bridgehead atoms. The van der Waals surface area contributed by atoms with Gasteiger partial charge in [0.1, 0.15) is 5.75 Å². The molecule has 0 heterocycles. The Hall–Kier alpha value is -2.36. The van der Waals surface area contributed by atoms with Crippen LogP contribution in [0, 0.1) is 4.91 Å². The standard InChI is InChI=1S/C13H12O.HNO2/c1-14-13-9-7-12(8-10-13)11-5-3-2-4-6-11;2-1-3/h2-10H,1H3;(H,2,3). The predicted molar refractivity (Wildman–Crippen MR) is 66.0 cm³/mol. The van der Waals surface area contributed by atoms with Gasteiger partial charge in [-0.25, -0.2) is 0 Å². The Balaban J connectivity index is 0.000000437. The summed E-state index contributed by atoms with van der Waals surface area (Å²) in [5, 5.41) is 7.89. The van der Waals surface area contributed by atoms with Crippen molar-refractivity contribution in [3.05, 3.63) is 59.5 Å². The molecule has 2 aromatic carbocycles. The third kappa shape index (κ3) is 3.95. The van der Waals surface area contributed by atoms with E-state index < -0.39 is 0 Å². The minimum atomic E-state index is 0.893. The molecular formula is C13H13NO3. The lowest BCUT2D eigenvalue weighted by Crippen LogP contribution is -1.82. The van der Waals surface area contributed by atoms with E-state index in [-0.39, 0.29) is 0 Å². The molecule has 0 amide bonds. The number of benzene rings is 2. The Bertz CT molecular complexity index is 440. The van der Waals surface area contributed by atoms with Gasteiger partial charge in [-0.15, -0.1) is 4.91 Å².